The third-order valence-electron chi connectivity index (χ3n) is 2.67. The minimum absolute atomic E-state index is 0.0484. The van der Waals surface area contributed by atoms with Crippen molar-refractivity contribution < 1.29 is 14.7 Å². The predicted octanol–water partition coefficient (Wildman–Crippen LogP) is 0.133. The van der Waals surface area contributed by atoms with Crippen LogP contribution in [0.4, 0.5) is 0 Å². The van der Waals surface area contributed by atoms with Crippen LogP contribution in [0.15, 0.2) is 24.7 Å². The fourth-order valence-electron chi connectivity index (χ4n) is 1.85. The lowest BCUT2D eigenvalue weighted by Gasteiger charge is -2.13. The normalized spacial score (nSPS) is 12.1. The number of aryl methyl sites for hydroxylation is 1. The summed E-state index contributed by atoms with van der Waals surface area (Å²) in [5, 5.41) is 19.5. The van der Waals surface area contributed by atoms with E-state index < -0.39 is 11.9 Å². The first-order valence-corrected chi connectivity index (χ1v) is 6.02. The largest absolute Gasteiger partial charge is 0.476 e. The van der Waals surface area contributed by atoms with Crippen LogP contribution < -0.4 is 5.32 Å². The minimum Gasteiger partial charge on any atom is -0.476 e. The third-order valence-corrected chi connectivity index (χ3v) is 2.67. The van der Waals surface area contributed by atoms with E-state index in [-0.39, 0.29) is 17.3 Å². The van der Waals surface area contributed by atoms with Gasteiger partial charge in [-0.05, 0) is 13.0 Å². The Balaban J connectivity index is 2.06. The molecule has 106 valence electrons. The average Bonchev–Trinajstić information content (AvgIpc) is 2.97. The van der Waals surface area contributed by atoms with Gasteiger partial charge in [-0.3, -0.25) is 14.2 Å². The first kappa shape index (κ1) is 13.8. The van der Waals surface area contributed by atoms with E-state index in [0.717, 1.165) is 0 Å². The van der Waals surface area contributed by atoms with Crippen molar-refractivity contribution in [3.63, 3.8) is 0 Å². The van der Waals surface area contributed by atoms with Gasteiger partial charge >= 0.3 is 5.97 Å². The molecule has 0 aliphatic carbocycles. The molecule has 0 bridgehead atoms. The van der Waals surface area contributed by atoms with Crippen molar-refractivity contribution in [2.24, 2.45) is 7.05 Å². The lowest BCUT2D eigenvalue weighted by atomic mass is 10.2. The maximum Gasteiger partial charge on any atom is 0.357 e. The van der Waals surface area contributed by atoms with Crippen LogP contribution in [0.2, 0.25) is 0 Å². The van der Waals surface area contributed by atoms with Gasteiger partial charge in [0.15, 0.2) is 5.69 Å². The van der Waals surface area contributed by atoms with E-state index in [0.29, 0.717) is 6.54 Å². The van der Waals surface area contributed by atoms with Crippen molar-refractivity contribution in [2.45, 2.75) is 19.5 Å². The molecule has 2 rings (SSSR count). The molecule has 0 radical (unpaired) electrons. The van der Waals surface area contributed by atoms with Gasteiger partial charge in [0.1, 0.15) is 0 Å². The highest BCUT2D eigenvalue weighted by molar-refractivity contribution is 6.03. The van der Waals surface area contributed by atoms with E-state index in [2.05, 4.69) is 15.5 Å². The zero-order valence-corrected chi connectivity index (χ0v) is 11.1. The number of aromatic carboxylic acids is 1. The number of carbonyl (C=O) groups excluding carboxylic acids is 1. The summed E-state index contributed by atoms with van der Waals surface area (Å²) in [5.41, 5.74) is -0.205. The van der Waals surface area contributed by atoms with Crippen LogP contribution in [0.3, 0.4) is 0 Å². The van der Waals surface area contributed by atoms with Gasteiger partial charge in [-0.1, -0.05) is 0 Å². The zero-order valence-electron chi connectivity index (χ0n) is 11.1. The second-order valence-corrected chi connectivity index (χ2v) is 4.47. The van der Waals surface area contributed by atoms with Gasteiger partial charge in [0.2, 0.25) is 0 Å². The summed E-state index contributed by atoms with van der Waals surface area (Å²) < 4.78 is 2.99. The Hall–Kier alpha value is -2.64. The van der Waals surface area contributed by atoms with Gasteiger partial charge in [0, 0.05) is 31.7 Å². The second kappa shape index (κ2) is 5.55. The second-order valence-electron chi connectivity index (χ2n) is 4.47. The summed E-state index contributed by atoms with van der Waals surface area (Å²) >= 11 is 0. The molecular weight excluding hydrogens is 262 g/mol. The number of carboxylic acids is 1. The molecule has 0 aromatic carbocycles. The number of carboxylic acid groups (broad SMARTS) is 1. The van der Waals surface area contributed by atoms with Crippen LogP contribution in [0, 0.1) is 0 Å². The van der Waals surface area contributed by atoms with Gasteiger partial charge < -0.3 is 10.4 Å². The van der Waals surface area contributed by atoms with Crippen LogP contribution in [-0.2, 0) is 13.6 Å². The molecule has 0 aliphatic rings. The number of hydrogen-bond acceptors (Lipinski definition) is 4. The standard InChI is InChI=1S/C12H15N5O3/c1-8(6-17-5-3-4-13-17)14-11(18)9-7-16(2)15-10(9)12(19)20/h3-5,7-8H,6H2,1-2H3,(H,14,18)(H,19,20). The molecule has 0 spiro atoms. The third kappa shape index (κ3) is 3.02. The number of hydrogen-bond donors (Lipinski definition) is 2. The zero-order chi connectivity index (χ0) is 14.7. The number of carbonyl (C=O) groups is 2. The molecule has 1 amide bonds. The molecular formula is C12H15N5O3. The van der Waals surface area contributed by atoms with Crippen LogP contribution in [-0.4, -0.2) is 42.6 Å². The van der Waals surface area contributed by atoms with Gasteiger partial charge in [-0.15, -0.1) is 0 Å². The van der Waals surface area contributed by atoms with E-state index in [1.807, 2.05) is 6.92 Å². The van der Waals surface area contributed by atoms with Crippen molar-refractivity contribution in [2.75, 3.05) is 0 Å². The van der Waals surface area contributed by atoms with Crippen molar-refractivity contribution in [3.8, 4) is 0 Å². The Morgan fingerprint density at radius 2 is 2.25 bits per heavy atom. The lowest BCUT2D eigenvalue weighted by Crippen LogP contribution is -2.36. The molecule has 2 aromatic heterocycles. The van der Waals surface area contributed by atoms with Crippen LogP contribution >= 0.6 is 0 Å². The number of aromatic nitrogens is 4. The summed E-state index contributed by atoms with van der Waals surface area (Å²) in [4.78, 5) is 23.1. The van der Waals surface area contributed by atoms with E-state index in [4.69, 9.17) is 5.11 Å². The first-order valence-electron chi connectivity index (χ1n) is 6.02. The summed E-state index contributed by atoms with van der Waals surface area (Å²) in [7, 11) is 1.57. The summed E-state index contributed by atoms with van der Waals surface area (Å²) in [6, 6.07) is 1.60. The number of rotatable bonds is 5. The molecule has 8 heteroatoms. The van der Waals surface area contributed by atoms with Crippen LogP contribution in [0.25, 0.3) is 0 Å². The lowest BCUT2D eigenvalue weighted by molar-refractivity contribution is 0.0683. The molecule has 1 unspecified atom stereocenters. The highest BCUT2D eigenvalue weighted by Gasteiger charge is 2.21. The quantitative estimate of drug-likeness (QED) is 0.809. The SMILES string of the molecule is CC(Cn1cccn1)NC(=O)c1cn(C)nc1C(=O)O. The molecule has 1 atom stereocenters. The van der Waals surface area contributed by atoms with Crippen LogP contribution in [0.5, 0.6) is 0 Å². The van der Waals surface area contributed by atoms with Crippen molar-refractivity contribution >= 4 is 11.9 Å². The van der Waals surface area contributed by atoms with E-state index in [1.54, 1.807) is 30.2 Å². The predicted molar refractivity (Wildman–Crippen MR) is 69.3 cm³/mol. The summed E-state index contributed by atoms with van der Waals surface area (Å²) in [6.45, 7) is 2.32. The molecule has 0 saturated carbocycles. The highest BCUT2D eigenvalue weighted by Crippen LogP contribution is 2.07. The Morgan fingerprint density at radius 3 is 2.85 bits per heavy atom. The fourth-order valence-corrected chi connectivity index (χ4v) is 1.85. The Morgan fingerprint density at radius 1 is 1.50 bits per heavy atom. The first-order chi connectivity index (χ1) is 9.47. The summed E-state index contributed by atoms with van der Waals surface area (Å²) in [6.07, 6.45) is 4.83. The molecule has 20 heavy (non-hydrogen) atoms. The molecule has 0 fully saturated rings. The number of nitrogens with one attached hydrogen (secondary N) is 1. The van der Waals surface area contributed by atoms with E-state index in [9.17, 15) is 9.59 Å². The maximum absolute atomic E-state index is 12.1. The average molecular weight is 277 g/mol. The number of nitrogens with zero attached hydrogens (tertiary/aromatic N) is 4. The highest BCUT2D eigenvalue weighted by atomic mass is 16.4. The Kier molecular flexibility index (Phi) is 3.83. The molecule has 8 nitrogen and oxygen atoms in total. The van der Waals surface area contributed by atoms with Crippen molar-refractivity contribution in [1.82, 2.24) is 24.9 Å². The minimum atomic E-state index is -1.23. The molecule has 0 aliphatic heterocycles. The smallest absolute Gasteiger partial charge is 0.357 e. The maximum atomic E-state index is 12.1. The van der Waals surface area contributed by atoms with Gasteiger partial charge in [-0.25, -0.2) is 4.79 Å². The molecule has 2 aromatic rings. The van der Waals surface area contributed by atoms with Gasteiger partial charge in [0.25, 0.3) is 5.91 Å². The fraction of sp³-hybridized carbons (Fsp3) is 0.333. The molecule has 2 heterocycles. The summed E-state index contributed by atoms with van der Waals surface area (Å²) in [5.74, 6) is -1.69. The van der Waals surface area contributed by atoms with Gasteiger partial charge in [-0.2, -0.15) is 10.2 Å². The monoisotopic (exact) mass is 277 g/mol. The molecule has 0 saturated heterocycles. The van der Waals surface area contributed by atoms with Gasteiger partial charge in [0.05, 0.1) is 12.1 Å². The molecule has 2 N–H and O–H groups in total. The topological polar surface area (TPSA) is 102 Å². The van der Waals surface area contributed by atoms with Crippen molar-refractivity contribution in [3.05, 3.63) is 35.9 Å². The van der Waals surface area contributed by atoms with E-state index >= 15 is 0 Å². The van der Waals surface area contributed by atoms with E-state index in [1.165, 1.54) is 10.9 Å². The Labute approximate surface area is 115 Å². The number of amides is 1. The van der Waals surface area contributed by atoms with Crippen LogP contribution in [0.1, 0.15) is 27.8 Å². The Bertz CT molecular complexity index is 617. The van der Waals surface area contributed by atoms with Crippen molar-refractivity contribution in [1.29, 1.82) is 0 Å².